The highest BCUT2D eigenvalue weighted by atomic mass is 32.2. The van der Waals surface area contributed by atoms with Crippen LogP contribution in [-0.4, -0.2) is 26.8 Å². The molecule has 0 spiro atoms. The Kier molecular flexibility index (Phi) is 6.07. The predicted octanol–water partition coefficient (Wildman–Crippen LogP) is 3.87. The van der Waals surface area contributed by atoms with Crippen molar-refractivity contribution in [2.45, 2.75) is 18.5 Å². The lowest BCUT2D eigenvalue weighted by atomic mass is 10.2. The van der Waals surface area contributed by atoms with Crippen molar-refractivity contribution in [3.63, 3.8) is 0 Å². The monoisotopic (exact) mass is 379 g/mol. The molecule has 1 aromatic carbocycles. The fraction of sp³-hybridized carbons (Fsp3) is 0.158. The number of hydrogen-bond acceptors (Lipinski definition) is 6. The van der Waals surface area contributed by atoms with Crippen molar-refractivity contribution in [1.82, 2.24) is 15.2 Å². The van der Waals surface area contributed by atoms with E-state index in [1.165, 1.54) is 11.8 Å². The van der Waals surface area contributed by atoms with Crippen LogP contribution in [0.4, 0.5) is 5.69 Å². The van der Waals surface area contributed by atoms with Crippen molar-refractivity contribution in [2.75, 3.05) is 11.1 Å². The third-order valence-electron chi connectivity index (χ3n) is 3.53. The van der Waals surface area contributed by atoms with Gasteiger partial charge in [-0.3, -0.25) is 9.89 Å². The summed E-state index contributed by atoms with van der Waals surface area (Å²) < 4.78 is 5.45. The Bertz CT molecular complexity index is 999. The molecule has 0 saturated heterocycles. The first-order valence-electron chi connectivity index (χ1n) is 8.23. The van der Waals surface area contributed by atoms with Gasteiger partial charge < -0.3 is 9.73 Å². The third-order valence-corrected chi connectivity index (χ3v) is 4.38. The van der Waals surface area contributed by atoms with Gasteiger partial charge in [0, 0.05) is 12.2 Å². The summed E-state index contributed by atoms with van der Waals surface area (Å²) in [4.78, 5) is 16.4. The molecule has 0 aliphatic carbocycles. The third kappa shape index (κ3) is 5.33. The van der Waals surface area contributed by atoms with Crippen LogP contribution in [-0.2, 0) is 4.79 Å². The Morgan fingerprint density at radius 3 is 2.96 bits per heavy atom. The number of amides is 1. The van der Waals surface area contributed by atoms with E-state index in [-0.39, 0.29) is 12.3 Å². The van der Waals surface area contributed by atoms with Crippen molar-refractivity contribution in [2.24, 2.45) is 0 Å². The Balaban J connectivity index is 1.47. The zero-order valence-electron chi connectivity index (χ0n) is 14.6. The molecule has 2 N–H and O–H groups in total. The molecule has 0 atom stereocenters. The van der Waals surface area contributed by atoms with Gasteiger partial charge in [0.15, 0.2) is 0 Å². The highest BCUT2D eigenvalue weighted by Gasteiger charge is 2.08. The largest absolute Gasteiger partial charge is 0.462 e. The molecule has 0 unspecified atom stereocenters. The minimum Gasteiger partial charge on any atom is -0.462 e. The van der Waals surface area contributed by atoms with Crippen LogP contribution in [0.25, 0.3) is 12.2 Å². The van der Waals surface area contributed by atoms with Crippen LogP contribution in [0, 0.1) is 18.3 Å². The number of rotatable bonds is 7. The van der Waals surface area contributed by atoms with Crippen LogP contribution >= 0.6 is 11.8 Å². The molecule has 2 heterocycles. The van der Waals surface area contributed by atoms with E-state index in [0.717, 1.165) is 11.5 Å². The average molecular weight is 379 g/mol. The first kappa shape index (κ1) is 18.5. The molecule has 8 heteroatoms. The second-order valence-electron chi connectivity index (χ2n) is 5.59. The molecule has 1 amide bonds. The number of H-pyrrole nitrogens is 1. The summed E-state index contributed by atoms with van der Waals surface area (Å²) in [6.07, 6.45) is 3.87. The number of carbonyl (C=O) groups excluding carboxylic acids is 1. The average Bonchev–Trinajstić information content (AvgIpc) is 3.29. The summed E-state index contributed by atoms with van der Waals surface area (Å²) in [7, 11) is 0. The molecule has 0 fully saturated rings. The van der Waals surface area contributed by atoms with Crippen LogP contribution in [0.5, 0.6) is 0 Å². The highest BCUT2D eigenvalue weighted by Crippen LogP contribution is 2.17. The number of aromatic amines is 1. The van der Waals surface area contributed by atoms with E-state index < -0.39 is 0 Å². The van der Waals surface area contributed by atoms with Gasteiger partial charge in [0.05, 0.1) is 11.3 Å². The van der Waals surface area contributed by atoms with Crippen LogP contribution in [0.2, 0.25) is 0 Å². The van der Waals surface area contributed by atoms with Gasteiger partial charge in [0.25, 0.3) is 0 Å². The van der Waals surface area contributed by atoms with Gasteiger partial charge in [-0.25, -0.2) is 4.98 Å². The minimum atomic E-state index is -0.158. The molecule has 27 heavy (non-hydrogen) atoms. The summed E-state index contributed by atoms with van der Waals surface area (Å²) >= 11 is 1.38. The first-order chi connectivity index (χ1) is 13.1. The number of para-hydroxylation sites is 1. The topological polar surface area (TPSA) is 108 Å². The molecule has 7 nitrogen and oxygen atoms in total. The van der Waals surface area contributed by atoms with Crippen molar-refractivity contribution < 1.29 is 9.21 Å². The standard InChI is InChI=1S/C19H17N5O2S/c1-13-6-7-15(26-13)8-9-17-22-19(24-23-17)27-11-10-18(25)21-16-5-3-2-4-14(16)12-20/h2-9H,10-11H2,1H3,(H,21,25)(H,22,23,24)/b9-8+. The van der Waals surface area contributed by atoms with Crippen molar-refractivity contribution in [3.05, 3.63) is 59.3 Å². The second kappa shape index (κ2) is 8.87. The number of aryl methyl sites for hydroxylation is 1. The summed E-state index contributed by atoms with van der Waals surface area (Å²) in [5, 5.41) is 19.3. The van der Waals surface area contributed by atoms with E-state index >= 15 is 0 Å². The molecule has 0 aliphatic heterocycles. The summed E-state index contributed by atoms with van der Waals surface area (Å²) in [6.45, 7) is 1.88. The molecule has 3 rings (SSSR count). The number of nitrogens with zero attached hydrogens (tertiary/aromatic N) is 3. The number of nitriles is 1. The maximum atomic E-state index is 12.0. The van der Waals surface area contributed by atoms with E-state index in [1.54, 1.807) is 30.3 Å². The fourth-order valence-electron chi connectivity index (χ4n) is 2.24. The van der Waals surface area contributed by atoms with E-state index in [2.05, 4.69) is 26.6 Å². The van der Waals surface area contributed by atoms with Gasteiger partial charge in [-0.15, -0.1) is 5.10 Å². The van der Waals surface area contributed by atoms with Gasteiger partial charge in [-0.2, -0.15) is 5.26 Å². The van der Waals surface area contributed by atoms with Crippen LogP contribution in [0.3, 0.4) is 0 Å². The second-order valence-corrected chi connectivity index (χ2v) is 6.65. The summed E-state index contributed by atoms with van der Waals surface area (Å²) in [6, 6.07) is 12.7. The van der Waals surface area contributed by atoms with Gasteiger partial charge in [0.1, 0.15) is 23.4 Å². The molecule has 136 valence electrons. The van der Waals surface area contributed by atoms with E-state index in [4.69, 9.17) is 9.68 Å². The SMILES string of the molecule is Cc1ccc(/C=C/c2nc(SCCC(=O)Nc3ccccc3C#N)n[nH]2)o1. The van der Waals surface area contributed by atoms with Crippen molar-refractivity contribution in [1.29, 1.82) is 5.26 Å². The summed E-state index contributed by atoms with van der Waals surface area (Å²) in [5.74, 6) is 2.57. The van der Waals surface area contributed by atoms with Crippen LogP contribution < -0.4 is 5.32 Å². The maximum Gasteiger partial charge on any atom is 0.225 e. The Morgan fingerprint density at radius 1 is 1.33 bits per heavy atom. The number of carbonyl (C=O) groups is 1. The quantitative estimate of drug-likeness (QED) is 0.603. The van der Waals surface area contributed by atoms with Crippen molar-refractivity contribution in [3.8, 4) is 6.07 Å². The molecule has 2 aromatic heterocycles. The zero-order chi connectivity index (χ0) is 19.1. The normalized spacial score (nSPS) is 10.8. The number of nitrogens with one attached hydrogen (secondary N) is 2. The van der Waals surface area contributed by atoms with E-state index in [1.807, 2.05) is 25.1 Å². The number of thioether (sulfide) groups is 1. The minimum absolute atomic E-state index is 0.158. The number of aromatic nitrogens is 3. The van der Waals surface area contributed by atoms with Gasteiger partial charge in [-0.1, -0.05) is 23.9 Å². The number of benzene rings is 1. The number of furan rings is 1. The molecule has 0 aliphatic rings. The lowest BCUT2D eigenvalue weighted by Gasteiger charge is -2.05. The first-order valence-corrected chi connectivity index (χ1v) is 9.21. The predicted molar refractivity (Wildman–Crippen MR) is 104 cm³/mol. The molecular formula is C19H17N5O2S. The maximum absolute atomic E-state index is 12.0. The smallest absolute Gasteiger partial charge is 0.225 e. The number of hydrogen-bond donors (Lipinski definition) is 2. The summed E-state index contributed by atoms with van der Waals surface area (Å²) in [5.41, 5.74) is 0.962. The molecule has 0 bridgehead atoms. The zero-order valence-corrected chi connectivity index (χ0v) is 15.4. The molecule has 0 radical (unpaired) electrons. The number of anilines is 1. The molecular weight excluding hydrogens is 362 g/mol. The van der Waals surface area contributed by atoms with Gasteiger partial charge in [-0.05, 0) is 43.3 Å². The van der Waals surface area contributed by atoms with Crippen LogP contribution in [0.1, 0.15) is 29.3 Å². The van der Waals surface area contributed by atoms with Gasteiger partial charge >= 0.3 is 0 Å². The van der Waals surface area contributed by atoms with Gasteiger partial charge in [0.2, 0.25) is 11.1 Å². The van der Waals surface area contributed by atoms with Crippen molar-refractivity contribution >= 4 is 35.5 Å². The molecule has 0 saturated carbocycles. The molecule has 3 aromatic rings. The van der Waals surface area contributed by atoms with E-state index in [9.17, 15) is 4.79 Å². The lowest BCUT2D eigenvalue weighted by molar-refractivity contribution is -0.115. The highest BCUT2D eigenvalue weighted by molar-refractivity contribution is 7.99. The Hall–Kier alpha value is -3.31. The van der Waals surface area contributed by atoms with Crippen LogP contribution in [0.15, 0.2) is 46.0 Å². The Morgan fingerprint density at radius 2 is 2.19 bits per heavy atom. The van der Waals surface area contributed by atoms with E-state index in [0.29, 0.717) is 28.0 Å². The fourth-order valence-corrected chi connectivity index (χ4v) is 2.98. The lowest BCUT2D eigenvalue weighted by Crippen LogP contribution is -2.13. The Labute approximate surface area is 160 Å².